The molecule has 1 heterocycles. The van der Waals surface area contributed by atoms with E-state index in [4.69, 9.17) is 0 Å². The summed E-state index contributed by atoms with van der Waals surface area (Å²) in [5.41, 5.74) is 2.80. The Morgan fingerprint density at radius 3 is 2.36 bits per heavy atom. The summed E-state index contributed by atoms with van der Waals surface area (Å²) in [6.45, 7) is 3.55. The normalized spacial score (nSPS) is 16.2. The third-order valence-electron chi connectivity index (χ3n) is 2.85. The van der Waals surface area contributed by atoms with Crippen molar-refractivity contribution in [3.63, 3.8) is 0 Å². The van der Waals surface area contributed by atoms with Crippen LogP contribution in [0, 0.1) is 0 Å². The van der Waals surface area contributed by atoms with E-state index in [1.807, 2.05) is 0 Å². The van der Waals surface area contributed by atoms with Crippen LogP contribution in [-0.4, -0.2) is 20.1 Å². The van der Waals surface area contributed by atoms with Crippen molar-refractivity contribution in [2.75, 3.05) is 25.0 Å². The molecule has 0 bridgehead atoms. The number of benzene rings is 1. The summed E-state index contributed by atoms with van der Waals surface area (Å²) in [5, 5.41) is 2.20. The van der Waals surface area contributed by atoms with Crippen molar-refractivity contribution < 1.29 is 5.32 Å². The Morgan fingerprint density at radius 1 is 1.14 bits per heavy atom. The van der Waals surface area contributed by atoms with Crippen molar-refractivity contribution in [1.82, 2.24) is 0 Å². The zero-order valence-corrected chi connectivity index (χ0v) is 8.87. The first kappa shape index (κ1) is 9.53. The van der Waals surface area contributed by atoms with E-state index < -0.39 is 0 Å². The minimum Gasteiger partial charge on any atom is -0.372 e. The lowest BCUT2D eigenvalue weighted by Crippen LogP contribution is -2.77. The molecule has 2 heteroatoms. The number of hydrogen-bond donors (Lipinski definition) is 1. The second kappa shape index (κ2) is 4.47. The van der Waals surface area contributed by atoms with Gasteiger partial charge in [-0.05, 0) is 25.0 Å². The van der Waals surface area contributed by atoms with Crippen LogP contribution < -0.4 is 10.2 Å². The summed E-state index contributed by atoms with van der Waals surface area (Å²) in [7, 11) is 2.11. The molecule has 1 aliphatic heterocycles. The lowest BCUT2D eigenvalue weighted by atomic mass is 10.2. The maximum Gasteiger partial charge on any atom is 0.101 e. The first-order valence-corrected chi connectivity index (χ1v) is 5.52. The predicted molar refractivity (Wildman–Crippen MR) is 59.4 cm³/mol. The summed E-state index contributed by atoms with van der Waals surface area (Å²) in [4.78, 5) is 2.47. The number of quaternary nitrogens is 1. The molecule has 2 N–H and O–H groups in total. The van der Waals surface area contributed by atoms with Gasteiger partial charge in [-0.25, -0.2) is 0 Å². The SMILES string of the molecule is C[NH2+]Cc1ccc(N2CCCC2)cc1. The molecule has 0 atom stereocenters. The topological polar surface area (TPSA) is 19.9 Å². The van der Waals surface area contributed by atoms with Crippen molar-refractivity contribution in [2.24, 2.45) is 0 Å². The van der Waals surface area contributed by atoms with Crippen LogP contribution >= 0.6 is 0 Å². The molecule has 1 aromatic rings. The molecule has 2 rings (SSSR count). The smallest absolute Gasteiger partial charge is 0.101 e. The molecule has 1 aromatic carbocycles. The van der Waals surface area contributed by atoms with Crippen LogP contribution in [0.15, 0.2) is 24.3 Å². The standard InChI is InChI=1S/C12H18N2/c1-13-10-11-4-6-12(7-5-11)14-8-2-3-9-14/h4-7,13H,2-3,8-10H2,1H3/p+1. The van der Waals surface area contributed by atoms with Crippen LogP contribution in [0.4, 0.5) is 5.69 Å². The first-order chi connectivity index (χ1) is 6.90. The number of nitrogens with zero attached hydrogens (tertiary/aromatic N) is 1. The number of rotatable bonds is 3. The van der Waals surface area contributed by atoms with E-state index in [0.29, 0.717) is 0 Å². The molecule has 0 radical (unpaired) electrons. The highest BCUT2D eigenvalue weighted by atomic mass is 15.1. The summed E-state index contributed by atoms with van der Waals surface area (Å²) in [6, 6.07) is 9.00. The average Bonchev–Trinajstić information content (AvgIpc) is 2.72. The molecule has 2 nitrogen and oxygen atoms in total. The second-order valence-electron chi connectivity index (χ2n) is 3.97. The molecule has 0 unspecified atom stereocenters. The molecule has 76 valence electrons. The molecule has 1 saturated heterocycles. The molecular weight excluding hydrogens is 172 g/mol. The van der Waals surface area contributed by atoms with Gasteiger partial charge in [0.05, 0.1) is 7.05 Å². The third-order valence-corrected chi connectivity index (χ3v) is 2.85. The van der Waals surface area contributed by atoms with Gasteiger partial charge in [0.25, 0.3) is 0 Å². The zero-order chi connectivity index (χ0) is 9.80. The largest absolute Gasteiger partial charge is 0.372 e. The van der Waals surface area contributed by atoms with Gasteiger partial charge in [0, 0.05) is 24.3 Å². The third kappa shape index (κ3) is 2.07. The maximum absolute atomic E-state index is 2.47. The van der Waals surface area contributed by atoms with Gasteiger partial charge < -0.3 is 10.2 Å². The van der Waals surface area contributed by atoms with Crippen LogP contribution in [0.2, 0.25) is 0 Å². The highest BCUT2D eigenvalue weighted by Gasteiger charge is 2.11. The van der Waals surface area contributed by atoms with E-state index in [1.54, 1.807) is 0 Å². The van der Waals surface area contributed by atoms with E-state index in [9.17, 15) is 0 Å². The quantitative estimate of drug-likeness (QED) is 0.755. The van der Waals surface area contributed by atoms with Crippen LogP contribution in [0.5, 0.6) is 0 Å². The van der Waals surface area contributed by atoms with Gasteiger partial charge in [0.2, 0.25) is 0 Å². The van der Waals surface area contributed by atoms with E-state index in [2.05, 4.69) is 41.5 Å². The van der Waals surface area contributed by atoms with Crippen molar-refractivity contribution in [1.29, 1.82) is 0 Å². The number of hydrogen-bond acceptors (Lipinski definition) is 1. The minimum absolute atomic E-state index is 1.08. The summed E-state index contributed by atoms with van der Waals surface area (Å²) in [6.07, 6.45) is 2.70. The second-order valence-corrected chi connectivity index (χ2v) is 3.97. The highest BCUT2D eigenvalue weighted by molar-refractivity contribution is 5.48. The Kier molecular flexibility index (Phi) is 3.04. The molecule has 0 spiro atoms. The van der Waals surface area contributed by atoms with Crippen LogP contribution in [0.1, 0.15) is 18.4 Å². The van der Waals surface area contributed by atoms with Gasteiger partial charge >= 0.3 is 0 Å². The monoisotopic (exact) mass is 191 g/mol. The van der Waals surface area contributed by atoms with Gasteiger partial charge in [-0.2, -0.15) is 0 Å². The number of anilines is 1. The van der Waals surface area contributed by atoms with Gasteiger partial charge in [-0.1, -0.05) is 12.1 Å². The minimum atomic E-state index is 1.08. The first-order valence-electron chi connectivity index (χ1n) is 5.52. The summed E-state index contributed by atoms with van der Waals surface area (Å²) in [5.74, 6) is 0. The van der Waals surface area contributed by atoms with E-state index in [0.717, 1.165) is 6.54 Å². The Hall–Kier alpha value is -1.02. The molecule has 1 fully saturated rings. The Balaban J connectivity index is 2.05. The molecule has 0 aromatic heterocycles. The Bertz CT molecular complexity index is 273. The van der Waals surface area contributed by atoms with E-state index in [1.165, 1.54) is 37.2 Å². The fourth-order valence-corrected chi connectivity index (χ4v) is 2.05. The lowest BCUT2D eigenvalue weighted by molar-refractivity contribution is -0.643. The fraction of sp³-hybridized carbons (Fsp3) is 0.500. The summed E-state index contributed by atoms with van der Waals surface area (Å²) < 4.78 is 0. The van der Waals surface area contributed by atoms with E-state index >= 15 is 0 Å². The number of nitrogens with two attached hydrogens (primary N) is 1. The van der Waals surface area contributed by atoms with E-state index in [-0.39, 0.29) is 0 Å². The van der Waals surface area contributed by atoms with Crippen LogP contribution in [0.25, 0.3) is 0 Å². The summed E-state index contributed by atoms with van der Waals surface area (Å²) >= 11 is 0. The van der Waals surface area contributed by atoms with Crippen molar-refractivity contribution in [3.05, 3.63) is 29.8 Å². The highest BCUT2D eigenvalue weighted by Crippen LogP contribution is 2.19. The maximum atomic E-state index is 2.47. The van der Waals surface area contributed by atoms with Gasteiger partial charge in [-0.15, -0.1) is 0 Å². The Morgan fingerprint density at radius 2 is 1.79 bits per heavy atom. The van der Waals surface area contributed by atoms with Crippen molar-refractivity contribution in [2.45, 2.75) is 19.4 Å². The zero-order valence-electron chi connectivity index (χ0n) is 8.87. The van der Waals surface area contributed by atoms with Gasteiger partial charge in [0.15, 0.2) is 0 Å². The molecule has 0 saturated carbocycles. The average molecular weight is 191 g/mol. The van der Waals surface area contributed by atoms with Crippen molar-refractivity contribution in [3.8, 4) is 0 Å². The molecule has 1 aliphatic rings. The predicted octanol–water partition coefficient (Wildman–Crippen LogP) is 0.980. The Labute approximate surface area is 85.9 Å². The van der Waals surface area contributed by atoms with Gasteiger partial charge in [-0.3, -0.25) is 0 Å². The molecule has 0 aliphatic carbocycles. The molecular formula is C12H19N2+. The molecule has 0 amide bonds. The van der Waals surface area contributed by atoms with Crippen molar-refractivity contribution >= 4 is 5.69 Å². The lowest BCUT2D eigenvalue weighted by Gasteiger charge is -2.17. The van der Waals surface area contributed by atoms with Gasteiger partial charge in [0.1, 0.15) is 6.54 Å². The molecule has 14 heavy (non-hydrogen) atoms. The van der Waals surface area contributed by atoms with Crippen LogP contribution in [-0.2, 0) is 6.54 Å². The van der Waals surface area contributed by atoms with Crippen LogP contribution in [0.3, 0.4) is 0 Å². The fourth-order valence-electron chi connectivity index (χ4n) is 2.05.